The molecule has 1 fully saturated rings. The van der Waals surface area contributed by atoms with Crippen LogP contribution in [0.2, 0.25) is 5.02 Å². The molecule has 2 atom stereocenters. The van der Waals surface area contributed by atoms with Gasteiger partial charge in [0.25, 0.3) is 5.91 Å². The van der Waals surface area contributed by atoms with Crippen molar-refractivity contribution >= 4 is 23.4 Å². The van der Waals surface area contributed by atoms with E-state index in [2.05, 4.69) is 10.3 Å². The van der Waals surface area contributed by atoms with Crippen molar-refractivity contribution in [3.63, 3.8) is 0 Å². The molecule has 2 aromatic carbocycles. The number of nitrogens with zero attached hydrogens (tertiary/aromatic N) is 2. The van der Waals surface area contributed by atoms with E-state index in [1.54, 1.807) is 49.6 Å². The number of amides is 2. The second kappa shape index (κ2) is 10.6. The van der Waals surface area contributed by atoms with Gasteiger partial charge in [-0.3, -0.25) is 14.6 Å². The van der Waals surface area contributed by atoms with E-state index in [1.807, 2.05) is 36.4 Å². The molecule has 1 saturated heterocycles. The molecule has 1 aromatic heterocycles. The van der Waals surface area contributed by atoms with Crippen LogP contribution in [0.5, 0.6) is 11.5 Å². The highest BCUT2D eigenvalue weighted by Crippen LogP contribution is 2.40. The van der Waals surface area contributed by atoms with Crippen LogP contribution in [0.25, 0.3) is 0 Å². The Bertz CT molecular complexity index is 1150. The molecule has 0 bridgehead atoms. The Kier molecular flexibility index (Phi) is 7.33. The van der Waals surface area contributed by atoms with Crippen molar-refractivity contribution in [2.75, 3.05) is 27.3 Å². The van der Waals surface area contributed by atoms with Gasteiger partial charge in [-0.25, -0.2) is 0 Å². The van der Waals surface area contributed by atoms with E-state index in [9.17, 15) is 9.59 Å². The van der Waals surface area contributed by atoms with Crippen molar-refractivity contribution in [1.29, 1.82) is 0 Å². The van der Waals surface area contributed by atoms with Crippen LogP contribution >= 0.6 is 11.6 Å². The predicted molar refractivity (Wildman–Crippen MR) is 129 cm³/mol. The Labute approximate surface area is 203 Å². The van der Waals surface area contributed by atoms with Gasteiger partial charge in [0.1, 0.15) is 11.5 Å². The molecule has 34 heavy (non-hydrogen) atoms. The Hall–Kier alpha value is -3.58. The molecule has 1 aliphatic heterocycles. The smallest absolute Gasteiger partial charge is 0.253 e. The molecule has 0 radical (unpaired) electrons. The number of carbonyl (C=O) groups excluding carboxylic acids is 2. The van der Waals surface area contributed by atoms with Crippen LogP contribution in [0.3, 0.4) is 0 Å². The quantitative estimate of drug-likeness (QED) is 0.555. The Morgan fingerprint density at radius 1 is 1.06 bits per heavy atom. The highest BCUT2D eigenvalue weighted by atomic mass is 35.5. The first kappa shape index (κ1) is 23.6. The number of ether oxygens (including phenoxy) is 2. The molecular formula is C26H26ClN3O4. The topological polar surface area (TPSA) is 80.8 Å². The molecule has 2 amide bonds. The number of nitrogens with one attached hydrogen (secondary N) is 1. The molecule has 0 unspecified atom stereocenters. The standard InChI is InChI=1S/C26H26ClN3O4/c1-33-20-10-11-24(34-2)21(13-20)22-15-30(26(32)17-6-8-18(27)9-7-17)16-23(22)25(31)29-14-19-5-3-4-12-28-19/h3-13,22-23H,14-16H2,1-2H3,(H,29,31)/t22-,23+/m1/s1. The van der Waals surface area contributed by atoms with Crippen molar-refractivity contribution in [2.45, 2.75) is 12.5 Å². The van der Waals surface area contributed by atoms with Gasteiger partial charge in [0.2, 0.25) is 5.91 Å². The van der Waals surface area contributed by atoms with E-state index in [1.165, 1.54) is 0 Å². The minimum Gasteiger partial charge on any atom is -0.497 e. The molecule has 0 saturated carbocycles. The molecule has 0 aliphatic carbocycles. The van der Waals surface area contributed by atoms with Crippen LogP contribution < -0.4 is 14.8 Å². The highest BCUT2D eigenvalue weighted by Gasteiger charge is 2.42. The van der Waals surface area contributed by atoms with Gasteiger partial charge >= 0.3 is 0 Å². The van der Waals surface area contributed by atoms with Crippen LogP contribution in [0, 0.1) is 5.92 Å². The third-order valence-corrected chi connectivity index (χ3v) is 6.29. The summed E-state index contributed by atoms with van der Waals surface area (Å²) in [7, 11) is 3.18. The molecule has 0 spiro atoms. The summed E-state index contributed by atoms with van der Waals surface area (Å²) >= 11 is 5.98. The van der Waals surface area contributed by atoms with E-state index in [4.69, 9.17) is 21.1 Å². The third-order valence-electron chi connectivity index (χ3n) is 6.04. The lowest BCUT2D eigenvalue weighted by atomic mass is 9.87. The lowest BCUT2D eigenvalue weighted by Crippen LogP contribution is -2.35. The number of likely N-dealkylation sites (tertiary alicyclic amines) is 1. The van der Waals surface area contributed by atoms with Crippen LogP contribution in [0.4, 0.5) is 0 Å². The average molecular weight is 480 g/mol. The number of rotatable bonds is 7. The minimum atomic E-state index is -0.471. The number of pyridine rings is 1. The maximum absolute atomic E-state index is 13.3. The Balaban J connectivity index is 1.62. The number of carbonyl (C=O) groups is 2. The van der Waals surface area contributed by atoms with Gasteiger partial charge in [-0.05, 0) is 54.6 Å². The predicted octanol–water partition coefficient (Wildman–Crippen LogP) is 3.92. The third kappa shape index (κ3) is 5.15. The average Bonchev–Trinajstić information content (AvgIpc) is 3.33. The van der Waals surface area contributed by atoms with Crippen molar-refractivity contribution in [3.05, 3.63) is 88.7 Å². The molecular weight excluding hydrogens is 454 g/mol. The maximum Gasteiger partial charge on any atom is 0.253 e. The van der Waals surface area contributed by atoms with Crippen molar-refractivity contribution in [1.82, 2.24) is 15.2 Å². The monoisotopic (exact) mass is 479 g/mol. The van der Waals surface area contributed by atoms with Gasteiger partial charge in [0.15, 0.2) is 0 Å². The lowest BCUT2D eigenvalue weighted by Gasteiger charge is -2.21. The van der Waals surface area contributed by atoms with Gasteiger partial charge in [-0.1, -0.05) is 17.7 Å². The van der Waals surface area contributed by atoms with Crippen molar-refractivity contribution in [3.8, 4) is 11.5 Å². The summed E-state index contributed by atoms with van der Waals surface area (Å²) in [5.41, 5.74) is 2.11. The summed E-state index contributed by atoms with van der Waals surface area (Å²) in [5.74, 6) is 0.265. The minimum absolute atomic E-state index is 0.146. The fourth-order valence-corrected chi connectivity index (χ4v) is 4.39. The molecule has 3 aromatic rings. The lowest BCUT2D eigenvalue weighted by molar-refractivity contribution is -0.125. The SMILES string of the molecule is COc1ccc(OC)c([C@H]2CN(C(=O)c3ccc(Cl)cc3)C[C@@H]2C(=O)NCc2ccccn2)c1. The van der Waals surface area contributed by atoms with E-state index in [0.717, 1.165) is 11.3 Å². The van der Waals surface area contributed by atoms with Gasteiger partial charge in [-0.15, -0.1) is 0 Å². The van der Waals surface area contributed by atoms with E-state index in [0.29, 0.717) is 35.2 Å². The summed E-state index contributed by atoms with van der Waals surface area (Å²) in [5, 5.41) is 3.54. The Morgan fingerprint density at radius 3 is 2.53 bits per heavy atom. The summed E-state index contributed by atoms with van der Waals surface area (Å²) in [6.45, 7) is 0.955. The number of benzene rings is 2. The summed E-state index contributed by atoms with van der Waals surface area (Å²) < 4.78 is 11.0. The summed E-state index contributed by atoms with van der Waals surface area (Å²) in [6.07, 6.45) is 1.69. The number of hydrogen-bond donors (Lipinski definition) is 1. The zero-order valence-electron chi connectivity index (χ0n) is 19.0. The van der Waals surface area contributed by atoms with E-state index < -0.39 is 5.92 Å². The van der Waals surface area contributed by atoms with Crippen LogP contribution in [0.15, 0.2) is 66.9 Å². The Morgan fingerprint density at radius 2 is 1.85 bits per heavy atom. The first-order valence-corrected chi connectivity index (χ1v) is 11.3. The first-order chi connectivity index (χ1) is 16.5. The van der Waals surface area contributed by atoms with Crippen LogP contribution in [0.1, 0.15) is 27.5 Å². The number of methoxy groups -OCH3 is 2. The number of aromatic nitrogens is 1. The molecule has 1 aliphatic rings. The van der Waals surface area contributed by atoms with Crippen molar-refractivity contribution in [2.24, 2.45) is 5.92 Å². The van der Waals surface area contributed by atoms with Gasteiger partial charge in [0.05, 0.1) is 32.4 Å². The first-order valence-electron chi connectivity index (χ1n) is 10.9. The van der Waals surface area contributed by atoms with E-state index >= 15 is 0 Å². The molecule has 2 heterocycles. The molecule has 8 heteroatoms. The summed E-state index contributed by atoms with van der Waals surface area (Å²) in [6, 6.07) is 17.8. The zero-order valence-corrected chi connectivity index (χ0v) is 19.8. The van der Waals surface area contributed by atoms with Crippen molar-refractivity contribution < 1.29 is 19.1 Å². The van der Waals surface area contributed by atoms with Gasteiger partial charge < -0.3 is 19.7 Å². The second-order valence-corrected chi connectivity index (χ2v) is 8.51. The van der Waals surface area contributed by atoms with Gasteiger partial charge in [0, 0.05) is 41.4 Å². The summed E-state index contributed by atoms with van der Waals surface area (Å²) in [4.78, 5) is 32.6. The van der Waals surface area contributed by atoms with E-state index in [-0.39, 0.29) is 24.3 Å². The van der Waals surface area contributed by atoms with Gasteiger partial charge in [-0.2, -0.15) is 0 Å². The molecule has 1 N–H and O–H groups in total. The second-order valence-electron chi connectivity index (χ2n) is 8.08. The number of halogens is 1. The molecule has 4 rings (SSSR count). The highest BCUT2D eigenvalue weighted by molar-refractivity contribution is 6.30. The normalized spacial score (nSPS) is 17.3. The maximum atomic E-state index is 13.3. The number of hydrogen-bond acceptors (Lipinski definition) is 5. The van der Waals surface area contributed by atoms with Crippen LogP contribution in [-0.2, 0) is 11.3 Å². The fourth-order valence-electron chi connectivity index (χ4n) is 4.27. The molecule has 7 nitrogen and oxygen atoms in total. The zero-order chi connectivity index (χ0) is 24.1. The van der Waals surface area contributed by atoms with Crippen LogP contribution in [-0.4, -0.2) is 49.0 Å². The molecule has 176 valence electrons. The largest absolute Gasteiger partial charge is 0.497 e. The fraction of sp³-hybridized carbons (Fsp3) is 0.269.